The lowest BCUT2D eigenvalue weighted by atomic mass is 9.76. The molecule has 1 saturated heterocycles. The Morgan fingerprint density at radius 3 is 2.84 bits per heavy atom. The van der Waals surface area contributed by atoms with E-state index in [-0.39, 0.29) is 11.8 Å². The van der Waals surface area contributed by atoms with Crippen molar-refractivity contribution in [3.8, 4) is 0 Å². The van der Waals surface area contributed by atoms with Crippen molar-refractivity contribution < 1.29 is 19.7 Å². The number of carbonyl (C=O) groups excluding carboxylic acids is 1. The van der Waals surface area contributed by atoms with E-state index < -0.39 is 29.7 Å². The number of hydrogen-bond acceptors (Lipinski definition) is 4. The standard InChI is InChI=1S/C15H18O4/c1-7-6-10(16)11-8(2)14(17)19-13(11)12-9(7)4-5-15(12,3)18/h4-5,9-13,16,18H,1-2,6H2,3H3/t9-,10-,11+,12-,13-,15+/m0/s1. The van der Waals surface area contributed by atoms with Crippen LogP contribution >= 0.6 is 0 Å². The first-order chi connectivity index (χ1) is 8.83. The summed E-state index contributed by atoms with van der Waals surface area (Å²) in [5.74, 6) is -1.29. The van der Waals surface area contributed by atoms with Gasteiger partial charge in [-0.2, -0.15) is 0 Å². The number of fused-ring (bicyclic) bond motifs is 3. The summed E-state index contributed by atoms with van der Waals surface area (Å²) in [6.07, 6.45) is 2.77. The van der Waals surface area contributed by atoms with Crippen molar-refractivity contribution in [2.45, 2.75) is 31.2 Å². The predicted molar refractivity (Wildman–Crippen MR) is 69.0 cm³/mol. The van der Waals surface area contributed by atoms with Crippen LogP contribution in [0.25, 0.3) is 0 Å². The summed E-state index contributed by atoms with van der Waals surface area (Å²) in [5, 5.41) is 20.8. The lowest BCUT2D eigenvalue weighted by molar-refractivity contribution is -0.146. The van der Waals surface area contributed by atoms with Gasteiger partial charge in [0.25, 0.3) is 0 Å². The summed E-state index contributed by atoms with van der Waals surface area (Å²) in [4.78, 5) is 11.7. The molecule has 2 fully saturated rings. The van der Waals surface area contributed by atoms with E-state index in [4.69, 9.17) is 4.74 Å². The number of hydrogen-bond donors (Lipinski definition) is 2. The zero-order chi connectivity index (χ0) is 13.9. The molecule has 2 N–H and O–H groups in total. The van der Waals surface area contributed by atoms with Crippen LogP contribution in [0.15, 0.2) is 36.5 Å². The van der Waals surface area contributed by atoms with Crippen LogP contribution in [-0.4, -0.2) is 34.0 Å². The Hall–Kier alpha value is -1.39. The molecule has 6 atom stereocenters. The van der Waals surface area contributed by atoms with E-state index in [9.17, 15) is 15.0 Å². The summed E-state index contributed by atoms with van der Waals surface area (Å²) >= 11 is 0. The highest BCUT2D eigenvalue weighted by molar-refractivity contribution is 5.91. The van der Waals surface area contributed by atoms with Crippen molar-refractivity contribution in [3.05, 3.63) is 36.5 Å². The first-order valence-corrected chi connectivity index (χ1v) is 6.50. The Bertz CT molecular complexity index is 502. The molecule has 19 heavy (non-hydrogen) atoms. The SMILES string of the molecule is C=C1C(=O)O[C@H]2[C@H]1[C@@H](O)CC(=C)[C@@H]1C=C[C@@](C)(O)[C@H]21. The molecule has 4 heteroatoms. The van der Waals surface area contributed by atoms with Gasteiger partial charge in [-0.05, 0) is 13.3 Å². The molecule has 1 heterocycles. The van der Waals surface area contributed by atoms with Crippen molar-refractivity contribution in [1.82, 2.24) is 0 Å². The van der Waals surface area contributed by atoms with Gasteiger partial charge in [0.2, 0.25) is 0 Å². The molecule has 0 bridgehead atoms. The summed E-state index contributed by atoms with van der Waals surface area (Å²) < 4.78 is 5.39. The third kappa shape index (κ3) is 1.63. The molecule has 0 radical (unpaired) electrons. The largest absolute Gasteiger partial charge is 0.458 e. The van der Waals surface area contributed by atoms with Gasteiger partial charge < -0.3 is 14.9 Å². The number of esters is 1. The molecule has 3 rings (SSSR count). The first kappa shape index (κ1) is 12.6. The van der Waals surface area contributed by atoms with Gasteiger partial charge in [-0.3, -0.25) is 0 Å². The number of aliphatic hydroxyl groups is 2. The molecule has 4 nitrogen and oxygen atoms in total. The third-order valence-electron chi connectivity index (χ3n) is 4.68. The number of ether oxygens (including phenoxy) is 1. The minimum Gasteiger partial charge on any atom is -0.458 e. The fourth-order valence-corrected chi connectivity index (χ4v) is 3.71. The molecule has 1 aliphatic heterocycles. The lowest BCUT2D eigenvalue weighted by Crippen LogP contribution is -2.44. The van der Waals surface area contributed by atoms with Crippen LogP contribution in [-0.2, 0) is 9.53 Å². The monoisotopic (exact) mass is 262 g/mol. The second kappa shape index (κ2) is 3.81. The molecule has 1 saturated carbocycles. The Morgan fingerprint density at radius 1 is 1.47 bits per heavy atom. The normalized spacial score (nSPS) is 48.8. The van der Waals surface area contributed by atoms with E-state index in [0.717, 1.165) is 5.57 Å². The van der Waals surface area contributed by atoms with Crippen LogP contribution < -0.4 is 0 Å². The summed E-state index contributed by atoms with van der Waals surface area (Å²) in [5.41, 5.74) is 0.101. The van der Waals surface area contributed by atoms with Crippen LogP contribution in [0.4, 0.5) is 0 Å². The smallest absolute Gasteiger partial charge is 0.334 e. The molecule has 0 spiro atoms. The maximum atomic E-state index is 11.7. The zero-order valence-electron chi connectivity index (χ0n) is 10.9. The van der Waals surface area contributed by atoms with E-state index in [2.05, 4.69) is 13.2 Å². The minimum absolute atomic E-state index is 0.0710. The van der Waals surface area contributed by atoms with Crippen molar-refractivity contribution in [1.29, 1.82) is 0 Å². The maximum Gasteiger partial charge on any atom is 0.334 e. The van der Waals surface area contributed by atoms with Crippen LogP contribution in [0.1, 0.15) is 13.3 Å². The van der Waals surface area contributed by atoms with Gasteiger partial charge >= 0.3 is 5.97 Å². The van der Waals surface area contributed by atoms with Crippen molar-refractivity contribution in [2.24, 2.45) is 17.8 Å². The molecule has 0 amide bonds. The quantitative estimate of drug-likeness (QED) is 0.387. The second-order valence-electron chi connectivity index (χ2n) is 5.99. The first-order valence-electron chi connectivity index (χ1n) is 6.50. The minimum atomic E-state index is -1.06. The topological polar surface area (TPSA) is 66.8 Å². The van der Waals surface area contributed by atoms with Crippen LogP contribution in [0.2, 0.25) is 0 Å². The number of allylic oxidation sites excluding steroid dienone is 1. The van der Waals surface area contributed by atoms with E-state index in [0.29, 0.717) is 12.0 Å². The zero-order valence-corrected chi connectivity index (χ0v) is 10.9. The Morgan fingerprint density at radius 2 is 2.16 bits per heavy atom. The average molecular weight is 262 g/mol. The Balaban J connectivity index is 2.08. The fourth-order valence-electron chi connectivity index (χ4n) is 3.71. The average Bonchev–Trinajstić information content (AvgIpc) is 2.72. The Kier molecular flexibility index (Phi) is 2.53. The fraction of sp³-hybridized carbons (Fsp3) is 0.533. The molecule has 2 aliphatic carbocycles. The van der Waals surface area contributed by atoms with Crippen molar-refractivity contribution in [3.63, 3.8) is 0 Å². The molecule has 0 aromatic heterocycles. The highest BCUT2D eigenvalue weighted by Gasteiger charge is 2.57. The molecular formula is C15H18O4. The summed E-state index contributed by atoms with van der Waals surface area (Å²) in [6.45, 7) is 9.44. The molecule has 0 aromatic carbocycles. The van der Waals surface area contributed by atoms with Gasteiger partial charge in [-0.1, -0.05) is 30.9 Å². The molecule has 3 aliphatic rings. The highest BCUT2D eigenvalue weighted by atomic mass is 16.6. The van der Waals surface area contributed by atoms with E-state index in [1.807, 2.05) is 6.08 Å². The van der Waals surface area contributed by atoms with E-state index >= 15 is 0 Å². The van der Waals surface area contributed by atoms with Crippen molar-refractivity contribution >= 4 is 5.97 Å². The Labute approximate surface area is 112 Å². The van der Waals surface area contributed by atoms with Gasteiger partial charge in [0.15, 0.2) is 0 Å². The van der Waals surface area contributed by atoms with Crippen LogP contribution in [0.5, 0.6) is 0 Å². The molecule has 0 unspecified atom stereocenters. The number of carbonyl (C=O) groups is 1. The van der Waals surface area contributed by atoms with Gasteiger partial charge in [0, 0.05) is 17.4 Å². The maximum absolute atomic E-state index is 11.7. The van der Waals surface area contributed by atoms with Gasteiger partial charge in [0.05, 0.1) is 17.6 Å². The third-order valence-corrected chi connectivity index (χ3v) is 4.68. The summed E-state index contributed by atoms with van der Waals surface area (Å²) in [7, 11) is 0. The predicted octanol–water partition coefficient (Wildman–Crippen LogP) is 0.958. The van der Waals surface area contributed by atoms with Gasteiger partial charge in [-0.15, -0.1) is 0 Å². The van der Waals surface area contributed by atoms with E-state index in [1.165, 1.54) is 0 Å². The molecular weight excluding hydrogens is 244 g/mol. The van der Waals surface area contributed by atoms with Crippen molar-refractivity contribution in [2.75, 3.05) is 0 Å². The van der Waals surface area contributed by atoms with Gasteiger partial charge in [-0.25, -0.2) is 4.79 Å². The number of rotatable bonds is 0. The van der Waals surface area contributed by atoms with Crippen LogP contribution in [0.3, 0.4) is 0 Å². The number of aliphatic hydroxyl groups excluding tert-OH is 1. The molecule has 0 aromatic rings. The van der Waals surface area contributed by atoms with E-state index in [1.54, 1.807) is 13.0 Å². The van der Waals surface area contributed by atoms with Crippen LogP contribution in [0, 0.1) is 17.8 Å². The van der Waals surface area contributed by atoms with Gasteiger partial charge in [0.1, 0.15) is 6.10 Å². The second-order valence-corrected chi connectivity index (χ2v) is 5.99. The lowest BCUT2D eigenvalue weighted by Gasteiger charge is -2.34. The highest BCUT2D eigenvalue weighted by Crippen LogP contribution is 2.51. The summed E-state index contributed by atoms with van der Waals surface area (Å²) in [6, 6.07) is 0. The molecule has 102 valence electrons.